The lowest BCUT2D eigenvalue weighted by molar-refractivity contribution is 0.435. The first-order chi connectivity index (χ1) is 7.38. The van der Waals surface area contributed by atoms with Gasteiger partial charge in [0.05, 0.1) is 0 Å². The fourth-order valence-corrected chi connectivity index (χ4v) is 1.46. The highest BCUT2D eigenvalue weighted by molar-refractivity contribution is 5.50. The molecule has 0 amide bonds. The Morgan fingerprint density at radius 1 is 1.19 bits per heavy atom. The number of benzene rings is 1. The van der Waals surface area contributed by atoms with Crippen molar-refractivity contribution in [3.05, 3.63) is 29.6 Å². The lowest BCUT2D eigenvalue weighted by atomic mass is 10.1. The van der Waals surface area contributed by atoms with E-state index in [0.29, 0.717) is 0 Å². The molecule has 0 bridgehead atoms. The first-order valence-corrected chi connectivity index (χ1v) is 5.63. The zero-order chi connectivity index (χ0) is 12.2. The topological polar surface area (TPSA) is 24.1 Å². The number of halogens is 1. The maximum Gasteiger partial charge on any atom is 0.123 e. The standard InChI is InChI=1S/C13H21FN2/c1-10-9-11(14)5-6-12(10)15-7-8-16-13(2,3)4/h5-6,9,15-16H,7-8H2,1-4H3. The van der Waals surface area contributed by atoms with Gasteiger partial charge in [0.2, 0.25) is 0 Å². The van der Waals surface area contributed by atoms with Crippen molar-refractivity contribution in [3.63, 3.8) is 0 Å². The summed E-state index contributed by atoms with van der Waals surface area (Å²) in [4.78, 5) is 0. The van der Waals surface area contributed by atoms with Gasteiger partial charge in [-0.05, 0) is 51.5 Å². The number of anilines is 1. The minimum absolute atomic E-state index is 0.138. The molecule has 1 rings (SSSR count). The van der Waals surface area contributed by atoms with Crippen LogP contribution in [0, 0.1) is 12.7 Å². The molecule has 0 aromatic heterocycles. The van der Waals surface area contributed by atoms with E-state index in [0.717, 1.165) is 24.3 Å². The maximum absolute atomic E-state index is 12.9. The summed E-state index contributed by atoms with van der Waals surface area (Å²) >= 11 is 0. The first kappa shape index (κ1) is 13.0. The minimum Gasteiger partial charge on any atom is -0.384 e. The van der Waals surface area contributed by atoms with E-state index < -0.39 is 0 Å². The van der Waals surface area contributed by atoms with Crippen LogP contribution in [0.2, 0.25) is 0 Å². The Hall–Kier alpha value is -1.09. The van der Waals surface area contributed by atoms with Crippen molar-refractivity contribution in [2.75, 3.05) is 18.4 Å². The van der Waals surface area contributed by atoms with Crippen LogP contribution in [-0.2, 0) is 0 Å². The highest BCUT2D eigenvalue weighted by Gasteiger charge is 2.07. The molecule has 0 fully saturated rings. The zero-order valence-corrected chi connectivity index (χ0v) is 10.5. The summed E-state index contributed by atoms with van der Waals surface area (Å²) in [6, 6.07) is 4.80. The molecule has 0 spiro atoms. The Morgan fingerprint density at radius 2 is 1.88 bits per heavy atom. The van der Waals surface area contributed by atoms with E-state index >= 15 is 0 Å². The minimum atomic E-state index is -0.184. The van der Waals surface area contributed by atoms with Gasteiger partial charge in [-0.1, -0.05) is 0 Å². The molecule has 0 unspecified atom stereocenters. The van der Waals surface area contributed by atoms with Crippen molar-refractivity contribution in [1.82, 2.24) is 5.32 Å². The van der Waals surface area contributed by atoms with Gasteiger partial charge in [0.25, 0.3) is 0 Å². The number of hydrogen-bond donors (Lipinski definition) is 2. The van der Waals surface area contributed by atoms with E-state index in [1.165, 1.54) is 6.07 Å². The third kappa shape index (κ3) is 4.62. The Morgan fingerprint density at radius 3 is 2.44 bits per heavy atom. The molecule has 0 saturated carbocycles. The van der Waals surface area contributed by atoms with Crippen LogP contribution >= 0.6 is 0 Å². The summed E-state index contributed by atoms with van der Waals surface area (Å²) in [5.74, 6) is -0.184. The fourth-order valence-electron chi connectivity index (χ4n) is 1.46. The second kappa shape index (κ2) is 5.30. The molecule has 16 heavy (non-hydrogen) atoms. The molecule has 0 saturated heterocycles. The van der Waals surface area contributed by atoms with Gasteiger partial charge in [-0.15, -0.1) is 0 Å². The average Bonchev–Trinajstić information content (AvgIpc) is 2.13. The van der Waals surface area contributed by atoms with Crippen LogP contribution in [-0.4, -0.2) is 18.6 Å². The van der Waals surface area contributed by atoms with Gasteiger partial charge in [-0.3, -0.25) is 0 Å². The average molecular weight is 224 g/mol. The Labute approximate surface area is 97.3 Å². The monoisotopic (exact) mass is 224 g/mol. The highest BCUT2D eigenvalue weighted by Crippen LogP contribution is 2.14. The van der Waals surface area contributed by atoms with Crippen LogP contribution in [0.1, 0.15) is 26.3 Å². The molecule has 1 aromatic carbocycles. The van der Waals surface area contributed by atoms with Crippen molar-refractivity contribution in [3.8, 4) is 0 Å². The van der Waals surface area contributed by atoms with Crippen LogP contribution in [0.3, 0.4) is 0 Å². The van der Waals surface area contributed by atoms with Crippen LogP contribution in [0.15, 0.2) is 18.2 Å². The predicted octanol–water partition coefficient (Wildman–Crippen LogP) is 2.93. The summed E-state index contributed by atoms with van der Waals surface area (Å²) in [6.07, 6.45) is 0. The van der Waals surface area contributed by atoms with Gasteiger partial charge >= 0.3 is 0 Å². The number of nitrogens with one attached hydrogen (secondary N) is 2. The van der Waals surface area contributed by atoms with E-state index in [1.54, 1.807) is 12.1 Å². The van der Waals surface area contributed by atoms with E-state index in [4.69, 9.17) is 0 Å². The Balaban J connectivity index is 2.38. The SMILES string of the molecule is Cc1cc(F)ccc1NCCNC(C)(C)C. The molecule has 2 nitrogen and oxygen atoms in total. The molecule has 0 aliphatic heterocycles. The molecule has 0 aliphatic carbocycles. The van der Waals surface area contributed by atoms with E-state index in [2.05, 4.69) is 31.4 Å². The Kier molecular flexibility index (Phi) is 4.30. The fraction of sp³-hybridized carbons (Fsp3) is 0.538. The van der Waals surface area contributed by atoms with Crippen LogP contribution in [0.5, 0.6) is 0 Å². The van der Waals surface area contributed by atoms with E-state index in [-0.39, 0.29) is 11.4 Å². The van der Waals surface area contributed by atoms with Gasteiger partial charge in [-0.25, -0.2) is 4.39 Å². The lowest BCUT2D eigenvalue weighted by Gasteiger charge is -2.21. The van der Waals surface area contributed by atoms with Gasteiger partial charge in [0.15, 0.2) is 0 Å². The third-order valence-electron chi connectivity index (χ3n) is 2.28. The molecule has 3 heteroatoms. The lowest BCUT2D eigenvalue weighted by Crippen LogP contribution is -2.38. The number of hydrogen-bond acceptors (Lipinski definition) is 2. The van der Waals surface area contributed by atoms with Crippen LogP contribution in [0.4, 0.5) is 10.1 Å². The van der Waals surface area contributed by atoms with Crippen molar-refractivity contribution in [2.45, 2.75) is 33.2 Å². The molecule has 1 aromatic rings. The van der Waals surface area contributed by atoms with Crippen LogP contribution in [0.25, 0.3) is 0 Å². The van der Waals surface area contributed by atoms with Crippen molar-refractivity contribution >= 4 is 5.69 Å². The molecule has 0 atom stereocenters. The summed E-state index contributed by atoms with van der Waals surface area (Å²) in [5, 5.41) is 6.67. The molecule has 0 aliphatic rings. The Bertz CT molecular complexity index is 342. The normalized spacial score (nSPS) is 11.6. The van der Waals surface area contributed by atoms with Crippen LogP contribution < -0.4 is 10.6 Å². The quantitative estimate of drug-likeness (QED) is 0.768. The largest absolute Gasteiger partial charge is 0.384 e. The highest BCUT2D eigenvalue weighted by atomic mass is 19.1. The molecule has 2 N–H and O–H groups in total. The maximum atomic E-state index is 12.9. The molecule has 0 heterocycles. The second-order valence-electron chi connectivity index (χ2n) is 5.06. The van der Waals surface area contributed by atoms with Crippen molar-refractivity contribution in [2.24, 2.45) is 0 Å². The van der Waals surface area contributed by atoms with Crippen molar-refractivity contribution in [1.29, 1.82) is 0 Å². The van der Waals surface area contributed by atoms with E-state index in [1.807, 2.05) is 6.92 Å². The summed E-state index contributed by atoms with van der Waals surface area (Å²) in [6.45, 7) is 10.0. The molecule has 0 radical (unpaired) electrons. The van der Waals surface area contributed by atoms with Crippen molar-refractivity contribution < 1.29 is 4.39 Å². The predicted molar refractivity (Wildman–Crippen MR) is 67.4 cm³/mol. The molecular formula is C13H21FN2. The summed E-state index contributed by atoms with van der Waals surface area (Å²) in [7, 11) is 0. The van der Waals surface area contributed by atoms with E-state index in [9.17, 15) is 4.39 Å². The van der Waals surface area contributed by atoms with Gasteiger partial charge < -0.3 is 10.6 Å². The van der Waals surface area contributed by atoms with Gasteiger partial charge in [-0.2, -0.15) is 0 Å². The zero-order valence-electron chi connectivity index (χ0n) is 10.5. The molecule has 90 valence electrons. The third-order valence-corrected chi connectivity index (χ3v) is 2.28. The second-order valence-corrected chi connectivity index (χ2v) is 5.06. The van der Waals surface area contributed by atoms with Gasteiger partial charge in [0.1, 0.15) is 5.82 Å². The van der Waals surface area contributed by atoms with Gasteiger partial charge in [0, 0.05) is 24.3 Å². The first-order valence-electron chi connectivity index (χ1n) is 5.63. The molecular weight excluding hydrogens is 203 g/mol. The number of aryl methyl sites for hydroxylation is 1. The summed E-state index contributed by atoms with van der Waals surface area (Å²) in [5.41, 5.74) is 2.08. The smallest absolute Gasteiger partial charge is 0.123 e. The number of rotatable bonds is 4. The summed E-state index contributed by atoms with van der Waals surface area (Å²) < 4.78 is 12.9.